The van der Waals surface area contributed by atoms with Crippen molar-refractivity contribution in [2.24, 2.45) is 11.7 Å². The molecule has 0 bridgehead atoms. The third kappa shape index (κ3) is 1.75. The second-order valence-corrected chi connectivity index (χ2v) is 5.10. The highest BCUT2D eigenvalue weighted by Crippen LogP contribution is 2.46. The Hall–Kier alpha value is -1.35. The molecule has 92 valence electrons. The Balaban J connectivity index is 2.52. The Labute approximate surface area is 102 Å². The first-order valence-corrected chi connectivity index (χ1v) is 5.97. The molecule has 1 aromatic carbocycles. The number of rotatable bonds is 2. The van der Waals surface area contributed by atoms with Crippen LogP contribution in [0.2, 0.25) is 0 Å². The van der Waals surface area contributed by atoms with E-state index >= 15 is 0 Å². The topological polar surface area (TPSA) is 52.3 Å². The van der Waals surface area contributed by atoms with Gasteiger partial charge in [-0.2, -0.15) is 0 Å². The van der Waals surface area contributed by atoms with Gasteiger partial charge in [0.15, 0.2) is 0 Å². The summed E-state index contributed by atoms with van der Waals surface area (Å²) < 4.78 is 4.86. The molecule has 0 saturated heterocycles. The zero-order chi connectivity index (χ0) is 12.6. The van der Waals surface area contributed by atoms with Crippen LogP contribution in [0.25, 0.3) is 0 Å². The molecule has 3 heteroatoms. The Morgan fingerprint density at radius 3 is 2.71 bits per heavy atom. The van der Waals surface area contributed by atoms with E-state index in [9.17, 15) is 4.79 Å². The van der Waals surface area contributed by atoms with E-state index in [0.717, 1.165) is 5.56 Å². The van der Waals surface area contributed by atoms with E-state index in [1.807, 2.05) is 18.2 Å². The molecule has 1 aromatic rings. The number of carbonyl (C=O) groups is 1. The van der Waals surface area contributed by atoms with Crippen molar-refractivity contribution in [1.29, 1.82) is 0 Å². The van der Waals surface area contributed by atoms with Crippen molar-refractivity contribution in [3.05, 3.63) is 35.4 Å². The molecule has 2 rings (SSSR count). The first-order valence-electron chi connectivity index (χ1n) is 5.97. The van der Waals surface area contributed by atoms with E-state index < -0.39 is 5.54 Å². The molecule has 3 nitrogen and oxygen atoms in total. The van der Waals surface area contributed by atoms with Gasteiger partial charge in [0.1, 0.15) is 5.54 Å². The molecule has 0 heterocycles. The van der Waals surface area contributed by atoms with Crippen LogP contribution in [0.5, 0.6) is 0 Å². The molecular formula is C14H19NO2. The number of nitrogens with two attached hydrogens (primary N) is 1. The van der Waals surface area contributed by atoms with Gasteiger partial charge in [-0.25, -0.2) is 4.79 Å². The van der Waals surface area contributed by atoms with Crippen LogP contribution in [0.3, 0.4) is 0 Å². The molecule has 0 amide bonds. The van der Waals surface area contributed by atoms with E-state index in [-0.39, 0.29) is 5.97 Å². The smallest absolute Gasteiger partial charge is 0.330 e. The fourth-order valence-corrected chi connectivity index (χ4v) is 2.76. The summed E-state index contributed by atoms with van der Waals surface area (Å²) in [4.78, 5) is 11.9. The summed E-state index contributed by atoms with van der Waals surface area (Å²) in [5.41, 5.74) is 7.42. The second kappa shape index (κ2) is 4.15. The summed E-state index contributed by atoms with van der Waals surface area (Å²) in [5, 5.41) is 0. The molecule has 0 aromatic heterocycles. The van der Waals surface area contributed by atoms with Crippen LogP contribution in [0.1, 0.15) is 37.3 Å². The van der Waals surface area contributed by atoms with E-state index in [4.69, 9.17) is 10.5 Å². The molecule has 2 N–H and O–H groups in total. The summed E-state index contributed by atoms with van der Waals surface area (Å²) >= 11 is 0. The fraction of sp³-hybridized carbons (Fsp3) is 0.500. The average Bonchev–Trinajstić information content (AvgIpc) is 2.64. The summed E-state index contributed by atoms with van der Waals surface area (Å²) in [7, 11) is 1.39. The van der Waals surface area contributed by atoms with Gasteiger partial charge in [0.25, 0.3) is 0 Å². The Kier molecular flexibility index (Phi) is 2.96. The van der Waals surface area contributed by atoms with Crippen molar-refractivity contribution < 1.29 is 9.53 Å². The largest absolute Gasteiger partial charge is 0.467 e. The third-order valence-corrected chi connectivity index (χ3v) is 3.74. The van der Waals surface area contributed by atoms with E-state index in [0.29, 0.717) is 18.3 Å². The number of carbonyl (C=O) groups excluding carboxylic acids is 1. The predicted octanol–water partition coefficient (Wildman–Crippen LogP) is 2.16. The minimum atomic E-state index is -0.972. The van der Waals surface area contributed by atoms with Gasteiger partial charge >= 0.3 is 5.97 Å². The maximum absolute atomic E-state index is 11.9. The number of methoxy groups -OCH3 is 1. The fourth-order valence-electron chi connectivity index (χ4n) is 2.76. The zero-order valence-electron chi connectivity index (χ0n) is 10.6. The minimum Gasteiger partial charge on any atom is -0.467 e. The van der Waals surface area contributed by atoms with Gasteiger partial charge < -0.3 is 10.5 Å². The first kappa shape index (κ1) is 12.1. The van der Waals surface area contributed by atoms with Crippen molar-refractivity contribution in [1.82, 2.24) is 0 Å². The number of hydrogen-bond donors (Lipinski definition) is 1. The lowest BCUT2D eigenvalue weighted by atomic mass is 9.88. The lowest BCUT2D eigenvalue weighted by Crippen LogP contribution is -2.44. The van der Waals surface area contributed by atoms with Crippen molar-refractivity contribution in [2.75, 3.05) is 7.11 Å². The Morgan fingerprint density at radius 2 is 2.12 bits per heavy atom. The predicted molar refractivity (Wildman–Crippen MR) is 66.5 cm³/mol. The lowest BCUT2D eigenvalue weighted by molar-refractivity contribution is -0.147. The summed E-state index contributed by atoms with van der Waals surface area (Å²) in [5.74, 6) is 0.453. The van der Waals surface area contributed by atoms with Gasteiger partial charge in [0, 0.05) is 0 Å². The number of fused-ring (bicyclic) bond motifs is 1. The van der Waals surface area contributed by atoms with Crippen molar-refractivity contribution >= 4 is 5.97 Å². The van der Waals surface area contributed by atoms with Gasteiger partial charge in [0.05, 0.1) is 7.11 Å². The van der Waals surface area contributed by atoms with E-state index in [1.165, 1.54) is 12.7 Å². The number of esters is 1. The molecule has 1 aliphatic rings. The molecule has 0 radical (unpaired) electrons. The molecule has 0 saturated carbocycles. The average molecular weight is 233 g/mol. The van der Waals surface area contributed by atoms with Crippen LogP contribution in [0.15, 0.2) is 24.3 Å². The molecule has 1 aliphatic carbocycles. The van der Waals surface area contributed by atoms with Crippen LogP contribution >= 0.6 is 0 Å². The summed E-state index contributed by atoms with van der Waals surface area (Å²) in [6.45, 7) is 4.31. The first-order chi connectivity index (χ1) is 8.00. The van der Waals surface area contributed by atoms with Crippen molar-refractivity contribution in [3.8, 4) is 0 Å². The molecule has 2 unspecified atom stereocenters. The normalized spacial score (nSPS) is 27.0. The minimum absolute atomic E-state index is 0.329. The van der Waals surface area contributed by atoms with Crippen LogP contribution in [-0.2, 0) is 15.1 Å². The van der Waals surface area contributed by atoms with Gasteiger partial charge in [-0.1, -0.05) is 38.1 Å². The number of hydrogen-bond acceptors (Lipinski definition) is 3. The Morgan fingerprint density at radius 1 is 1.47 bits per heavy atom. The second-order valence-electron chi connectivity index (χ2n) is 5.10. The standard InChI is InChI=1S/C14H19NO2/c1-9(2)11-8-14(15,13(16)17-3)12-7-5-4-6-10(11)12/h4-7,9,11H,8,15H2,1-3H3. The highest BCUT2D eigenvalue weighted by molar-refractivity contribution is 5.84. The van der Waals surface area contributed by atoms with Gasteiger partial charge in [0.2, 0.25) is 0 Å². The van der Waals surface area contributed by atoms with Gasteiger partial charge in [-0.3, -0.25) is 0 Å². The summed E-state index contributed by atoms with van der Waals surface area (Å²) in [6, 6.07) is 7.93. The molecule has 0 aliphatic heterocycles. The van der Waals surface area contributed by atoms with Crippen LogP contribution < -0.4 is 5.73 Å². The monoisotopic (exact) mass is 233 g/mol. The highest BCUT2D eigenvalue weighted by Gasteiger charge is 2.47. The van der Waals surface area contributed by atoms with Crippen molar-refractivity contribution in [2.45, 2.75) is 31.7 Å². The SMILES string of the molecule is COC(=O)C1(N)CC(C(C)C)c2ccccc21. The lowest BCUT2D eigenvalue weighted by Gasteiger charge is -2.23. The highest BCUT2D eigenvalue weighted by atomic mass is 16.5. The maximum atomic E-state index is 11.9. The molecule has 2 atom stereocenters. The van der Waals surface area contributed by atoms with Crippen LogP contribution in [0, 0.1) is 5.92 Å². The van der Waals surface area contributed by atoms with Crippen molar-refractivity contribution in [3.63, 3.8) is 0 Å². The van der Waals surface area contributed by atoms with Crippen LogP contribution in [0.4, 0.5) is 0 Å². The molecular weight excluding hydrogens is 214 g/mol. The third-order valence-electron chi connectivity index (χ3n) is 3.74. The summed E-state index contributed by atoms with van der Waals surface area (Å²) in [6.07, 6.45) is 0.636. The maximum Gasteiger partial charge on any atom is 0.330 e. The van der Waals surface area contributed by atoms with Gasteiger partial charge in [-0.15, -0.1) is 0 Å². The number of ether oxygens (including phenoxy) is 1. The molecule has 0 spiro atoms. The van der Waals surface area contributed by atoms with Gasteiger partial charge in [-0.05, 0) is 29.4 Å². The zero-order valence-corrected chi connectivity index (χ0v) is 10.6. The quantitative estimate of drug-likeness (QED) is 0.796. The van der Waals surface area contributed by atoms with Crippen LogP contribution in [-0.4, -0.2) is 13.1 Å². The van der Waals surface area contributed by atoms with E-state index in [1.54, 1.807) is 0 Å². The Bertz CT molecular complexity index is 442. The molecule has 0 fully saturated rings. The van der Waals surface area contributed by atoms with E-state index in [2.05, 4.69) is 19.9 Å². The molecule has 17 heavy (non-hydrogen) atoms. The number of benzene rings is 1.